The van der Waals surface area contributed by atoms with E-state index < -0.39 is 21.9 Å². The van der Waals surface area contributed by atoms with Gasteiger partial charge in [-0.3, -0.25) is 4.79 Å². The summed E-state index contributed by atoms with van der Waals surface area (Å²) in [6, 6.07) is 1.28. The van der Waals surface area contributed by atoms with Gasteiger partial charge < -0.3 is 10.1 Å². The molecule has 1 atom stereocenters. The summed E-state index contributed by atoms with van der Waals surface area (Å²) in [5.41, 5.74) is 0. The molecule has 1 aliphatic heterocycles. The van der Waals surface area contributed by atoms with Crippen molar-refractivity contribution in [3.8, 4) is 5.75 Å². The Hall–Kier alpha value is -1.19. The highest BCUT2D eigenvalue weighted by molar-refractivity contribution is 9.10. The van der Waals surface area contributed by atoms with Crippen LogP contribution in [0.1, 0.15) is 13.3 Å². The van der Waals surface area contributed by atoms with Crippen molar-refractivity contribution >= 4 is 31.9 Å². The van der Waals surface area contributed by atoms with Gasteiger partial charge in [0.15, 0.2) is 0 Å². The predicted octanol–water partition coefficient (Wildman–Crippen LogP) is 1.50. The molecule has 0 unspecified atom stereocenters. The molecule has 1 heterocycles. The number of amides is 1. The molecule has 9 heteroatoms. The molecule has 1 fully saturated rings. The summed E-state index contributed by atoms with van der Waals surface area (Å²) in [4.78, 5) is 11.6. The quantitative estimate of drug-likeness (QED) is 0.842. The molecule has 2 rings (SSSR count). The molecule has 122 valence electrons. The Bertz CT molecular complexity index is 696. The summed E-state index contributed by atoms with van der Waals surface area (Å²) < 4.78 is 45.6. The van der Waals surface area contributed by atoms with Crippen LogP contribution in [0.25, 0.3) is 0 Å². The molecular weight excluding hydrogens is 379 g/mol. The van der Waals surface area contributed by atoms with E-state index >= 15 is 0 Å². The van der Waals surface area contributed by atoms with Crippen LogP contribution in [0.15, 0.2) is 21.5 Å². The Morgan fingerprint density at radius 3 is 2.77 bits per heavy atom. The maximum absolute atomic E-state index is 13.8. The van der Waals surface area contributed by atoms with Gasteiger partial charge in [0.2, 0.25) is 15.9 Å². The van der Waals surface area contributed by atoms with Gasteiger partial charge in [0.25, 0.3) is 0 Å². The summed E-state index contributed by atoms with van der Waals surface area (Å²) in [7, 11) is -2.76. The van der Waals surface area contributed by atoms with E-state index in [1.54, 1.807) is 0 Å². The van der Waals surface area contributed by atoms with E-state index in [9.17, 15) is 17.6 Å². The highest BCUT2D eigenvalue weighted by Crippen LogP contribution is 2.32. The summed E-state index contributed by atoms with van der Waals surface area (Å²) in [6.07, 6.45) is 0.483. The van der Waals surface area contributed by atoms with E-state index in [1.807, 2.05) is 0 Å². The van der Waals surface area contributed by atoms with Crippen molar-refractivity contribution < 1.29 is 22.3 Å². The fourth-order valence-corrected chi connectivity index (χ4v) is 4.35. The van der Waals surface area contributed by atoms with Crippen LogP contribution in [0.2, 0.25) is 0 Å². The second kappa shape index (κ2) is 6.51. The van der Waals surface area contributed by atoms with Crippen LogP contribution in [-0.4, -0.2) is 44.9 Å². The minimum Gasteiger partial charge on any atom is -0.495 e. The molecule has 0 aromatic heterocycles. The molecule has 6 nitrogen and oxygen atoms in total. The lowest BCUT2D eigenvalue weighted by atomic mass is 10.3. The van der Waals surface area contributed by atoms with E-state index in [1.165, 1.54) is 20.1 Å². The average Bonchev–Trinajstić information content (AvgIpc) is 2.64. The van der Waals surface area contributed by atoms with Gasteiger partial charge in [-0.2, -0.15) is 4.31 Å². The second-order valence-corrected chi connectivity index (χ2v) is 7.57. The smallest absolute Gasteiger partial charge is 0.247 e. The van der Waals surface area contributed by atoms with E-state index in [4.69, 9.17) is 4.74 Å². The second-order valence-electron chi connectivity index (χ2n) is 4.85. The number of halogens is 2. The Labute approximate surface area is 136 Å². The maximum atomic E-state index is 13.8. The van der Waals surface area contributed by atoms with Gasteiger partial charge in [-0.1, -0.05) is 0 Å². The first kappa shape index (κ1) is 17.2. The monoisotopic (exact) mass is 394 g/mol. The molecule has 0 spiro atoms. The van der Waals surface area contributed by atoms with Crippen molar-refractivity contribution in [2.24, 2.45) is 0 Å². The van der Waals surface area contributed by atoms with Gasteiger partial charge in [0.05, 0.1) is 11.6 Å². The number of rotatable bonds is 3. The number of ether oxygens (including phenoxy) is 1. The zero-order chi connectivity index (χ0) is 16.5. The van der Waals surface area contributed by atoms with E-state index in [0.717, 1.165) is 10.4 Å². The predicted molar refractivity (Wildman–Crippen MR) is 81.6 cm³/mol. The Morgan fingerprint density at radius 2 is 2.14 bits per heavy atom. The number of carbonyl (C=O) groups excluding carboxylic acids is 1. The lowest BCUT2D eigenvalue weighted by Gasteiger charge is -2.25. The Morgan fingerprint density at radius 1 is 1.45 bits per heavy atom. The van der Waals surface area contributed by atoms with Crippen molar-refractivity contribution in [3.05, 3.63) is 22.4 Å². The van der Waals surface area contributed by atoms with Crippen LogP contribution in [0.4, 0.5) is 4.39 Å². The number of hydrogen-bond donors (Lipinski definition) is 1. The largest absolute Gasteiger partial charge is 0.495 e. The first-order valence-corrected chi connectivity index (χ1v) is 8.85. The molecule has 0 saturated carbocycles. The number of carbonyl (C=O) groups is 1. The van der Waals surface area contributed by atoms with Crippen molar-refractivity contribution in [3.63, 3.8) is 0 Å². The molecular formula is C13H16BrFN2O4S. The molecule has 1 aromatic rings. The van der Waals surface area contributed by atoms with Crippen LogP contribution >= 0.6 is 15.9 Å². The zero-order valence-electron chi connectivity index (χ0n) is 12.1. The molecule has 22 heavy (non-hydrogen) atoms. The van der Waals surface area contributed by atoms with Crippen LogP contribution in [0.3, 0.4) is 0 Å². The molecule has 1 amide bonds. The van der Waals surface area contributed by atoms with Crippen LogP contribution < -0.4 is 10.1 Å². The third-order valence-corrected chi connectivity index (χ3v) is 6.06. The van der Waals surface area contributed by atoms with Crippen LogP contribution in [0.5, 0.6) is 5.75 Å². The van der Waals surface area contributed by atoms with Gasteiger partial charge in [0.1, 0.15) is 22.5 Å². The Kier molecular flexibility index (Phi) is 5.08. The normalized spacial score (nSPS) is 20.4. The van der Waals surface area contributed by atoms with Gasteiger partial charge in [-0.05, 0) is 41.4 Å². The minimum absolute atomic E-state index is 0.0186. The molecule has 1 aliphatic rings. The third kappa shape index (κ3) is 3.11. The summed E-state index contributed by atoms with van der Waals surface area (Å²) >= 11 is 2.99. The van der Waals surface area contributed by atoms with E-state index in [0.29, 0.717) is 13.0 Å². The molecule has 0 aliphatic carbocycles. The number of nitrogens with one attached hydrogen (secondary N) is 1. The first-order valence-electron chi connectivity index (χ1n) is 6.61. The number of methoxy groups -OCH3 is 1. The molecule has 1 N–H and O–H groups in total. The van der Waals surface area contributed by atoms with Crippen molar-refractivity contribution in [1.82, 2.24) is 9.62 Å². The lowest BCUT2D eigenvalue weighted by molar-refractivity contribution is -0.123. The first-order chi connectivity index (χ1) is 10.3. The summed E-state index contributed by atoms with van der Waals surface area (Å²) in [6.45, 7) is 2.07. The number of nitrogens with zero attached hydrogens (tertiary/aromatic N) is 1. The maximum Gasteiger partial charge on any atom is 0.247 e. The molecule has 0 bridgehead atoms. The van der Waals surface area contributed by atoms with Gasteiger partial charge in [-0.15, -0.1) is 0 Å². The van der Waals surface area contributed by atoms with E-state index in [-0.39, 0.29) is 27.6 Å². The lowest BCUT2D eigenvalue weighted by Crippen LogP contribution is -2.45. The van der Waals surface area contributed by atoms with Crippen LogP contribution in [0, 0.1) is 5.82 Å². The molecule has 1 saturated heterocycles. The third-order valence-electron chi connectivity index (χ3n) is 3.46. The van der Waals surface area contributed by atoms with Gasteiger partial charge >= 0.3 is 0 Å². The average molecular weight is 395 g/mol. The zero-order valence-corrected chi connectivity index (χ0v) is 14.5. The van der Waals surface area contributed by atoms with Gasteiger partial charge in [0, 0.05) is 13.1 Å². The molecule has 0 radical (unpaired) electrons. The number of hydrogen-bond acceptors (Lipinski definition) is 4. The summed E-state index contributed by atoms with van der Waals surface area (Å²) in [5, 5.41) is 2.64. The van der Waals surface area contributed by atoms with Crippen LogP contribution in [-0.2, 0) is 14.8 Å². The molecule has 1 aromatic carbocycles. The fourth-order valence-electron chi connectivity index (χ4n) is 2.24. The number of sulfonamides is 1. The fraction of sp³-hybridized carbons (Fsp3) is 0.462. The highest BCUT2D eigenvalue weighted by Gasteiger charge is 2.36. The van der Waals surface area contributed by atoms with Gasteiger partial charge in [-0.25, -0.2) is 12.8 Å². The minimum atomic E-state index is -4.06. The highest BCUT2D eigenvalue weighted by atomic mass is 79.9. The van der Waals surface area contributed by atoms with E-state index in [2.05, 4.69) is 21.2 Å². The number of benzene rings is 1. The SMILES string of the molecule is COc1cc(Br)c(F)cc1S(=O)(=O)N1CCCNC(=O)[C@@H]1C. The Balaban J connectivity index is 2.54. The topological polar surface area (TPSA) is 75.7 Å². The summed E-state index contributed by atoms with van der Waals surface area (Å²) in [5.74, 6) is -1.07. The standard InChI is InChI=1S/C13H16BrFN2O4S/c1-8-13(18)16-4-3-5-17(8)22(19,20)12-7-10(15)9(14)6-11(12)21-2/h6-8H,3-5H2,1-2H3,(H,16,18)/t8-/m0/s1. The van der Waals surface area contributed by atoms with Crippen molar-refractivity contribution in [2.75, 3.05) is 20.2 Å². The van der Waals surface area contributed by atoms with Crippen molar-refractivity contribution in [2.45, 2.75) is 24.3 Å². The van der Waals surface area contributed by atoms with Crippen molar-refractivity contribution in [1.29, 1.82) is 0 Å².